The Morgan fingerprint density at radius 2 is 1.97 bits per heavy atom. The van der Waals surface area contributed by atoms with Gasteiger partial charge < -0.3 is 13.9 Å². The smallest absolute Gasteiger partial charge is 0.398 e. The van der Waals surface area contributed by atoms with Crippen LogP contribution < -0.4 is 10.4 Å². The molecule has 0 bridgehead atoms. The summed E-state index contributed by atoms with van der Waals surface area (Å²) in [4.78, 5) is 30.1. The molecule has 0 radical (unpaired) electrons. The van der Waals surface area contributed by atoms with Crippen LogP contribution in [0.1, 0.15) is 66.8 Å². The van der Waals surface area contributed by atoms with Crippen LogP contribution in [0.15, 0.2) is 39.5 Å². The van der Waals surface area contributed by atoms with Gasteiger partial charge in [-0.1, -0.05) is 56.5 Å². The van der Waals surface area contributed by atoms with Crippen LogP contribution in [0, 0.1) is 6.92 Å². The maximum absolute atomic E-state index is 12.6. The Bertz CT molecular complexity index is 1040. The molecule has 0 aliphatic carbocycles. The molecule has 0 saturated heterocycles. The molecule has 30 heavy (non-hydrogen) atoms. The topological polar surface area (TPSA) is 78.6 Å². The molecule has 2 heterocycles. The first-order valence-corrected chi connectivity index (χ1v) is 11.1. The summed E-state index contributed by atoms with van der Waals surface area (Å²) in [6, 6.07) is 9.44. The third-order valence-corrected chi connectivity index (χ3v) is 6.04. The number of benzene rings is 1. The SMILES string of the molecule is CCCCCCC(C)Oc1nc2sc(C(=O)OCc3ccccc3)c(C)c2c(=O)o1. The molecule has 0 saturated carbocycles. The summed E-state index contributed by atoms with van der Waals surface area (Å²) in [5, 5.41) is 0.301. The lowest BCUT2D eigenvalue weighted by atomic mass is 10.1. The number of thiophene rings is 1. The van der Waals surface area contributed by atoms with E-state index in [0.717, 1.165) is 36.2 Å². The molecule has 0 fully saturated rings. The van der Waals surface area contributed by atoms with Crippen molar-refractivity contribution >= 4 is 27.5 Å². The van der Waals surface area contributed by atoms with Crippen LogP contribution in [0.2, 0.25) is 0 Å². The van der Waals surface area contributed by atoms with E-state index in [-0.39, 0.29) is 18.8 Å². The molecule has 2 aromatic heterocycles. The van der Waals surface area contributed by atoms with Crippen LogP contribution in [-0.4, -0.2) is 17.1 Å². The summed E-state index contributed by atoms with van der Waals surface area (Å²) in [6.07, 6.45) is 5.28. The van der Waals surface area contributed by atoms with Gasteiger partial charge in [0, 0.05) is 0 Å². The van der Waals surface area contributed by atoms with Crippen molar-refractivity contribution in [3.05, 3.63) is 56.8 Å². The van der Waals surface area contributed by atoms with Crippen molar-refractivity contribution in [2.45, 2.75) is 65.6 Å². The van der Waals surface area contributed by atoms with E-state index in [9.17, 15) is 9.59 Å². The van der Waals surface area contributed by atoms with Crippen LogP contribution in [0.5, 0.6) is 6.08 Å². The van der Waals surface area contributed by atoms with Gasteiger partial charge in [-0.15, -0.1) is 11.3 Å². The first-order chi connectivity index (χ1) is 14.5. The fourth-order valence-corrected chi connectivity index (χ4v) is 4.23. The second-order valence-electron chi connectivity index (χ2n) is 7.34. The minimum atomic E-state index is -0.552. The molecule has 7 heteroatoms. The Morgan fingerprint density at radius 3 is 2.70 bits per heavy atom. The minimum Gasteiger partial charge on any atom is -0.457 e. The van der Waals surface area contributed by atoms with Crippen LogP contribution in [0.3, 0.4) is 0 Å². The van der Waals surface area contributed by atoms with Crippen molar-refractivity contribution in [1.82, 2.24) is 4.98 Å². The molecular weight excluding hydrogens is 402 g/mol. The average Bonchev–Trinajstić information content (AvgIpc) is 3.07. The van der Waals surface area contributed by atoms with Crippen molar-refractivity contribution in [3.63, 3.8) is 0 Å². The maximum atomic E-state index is 12.6. The van der Waals surface area contributed by atoms with Crippen LogP contribution in [-0.2, 0) is 11.3 Å². The number of esters is 1. The molecule has 3 rings (SSSR count). The molecule has 0 amide bonds. The van der Waals surface area contributed by atoms with Gasteiger partial charge >= 0.3 is 17.7 Å². The van der Waals surface area contributed by atoms with E-state index in [1.807, 2.05) is 37.3 Å². The van der Waals surface area contributed by atoms with Crippen molar-refractivity contribution in [2.24, 2.45) is 0 Å². The van der Waals surface area contributed by atoms with Crippen molar-refractivity contribution < 1.29 is 18.7 Å². The van der Waals surface area contributed by atoms with E-state index >= 15 is 0 Å². The summed E-state index contributed by atoms with van der Waals surface area (Å²) in [7, 11) is 0. The lowest BCUT2D eigenvalue weighted by Crippen LogP contribution is -2.14. The second-order valence-corrected chi connectivity index (χ2v) is 8.34. The Labute approximate surface area is 179 Å². The van der Waals surface area contributed by atoms with Crippen LogP contribution >= 0.6 is 11.3 Å². The lowest BCUT2D eigenvalue weighted by Gasteiger charge is -2.11. The van der Waals surface area contributed by atoms with Gasteiger partial charge in [0.2, 0.25) is 0 Å². The number of aryl methyl sites for hydroxylation is 1. The van der Waals surface area contributed by atoms with Gasteiger partial charge in [-0.05, 0) is 37.8 Å². The van der Waals surface area contributed by atoms with E-state index in [0.29, 0.717) is 20.7 Å². The number of hydrogen-bond acceptors (Lipinski definition) is 7. The summed E-state index contributed by atoms with van der Waals surface area (Å²) < 4.78 is 16.4. The lowest BCUT2D eigenvalue weighted by molar-refractivity contribution is 0.0478. The summed E-state index contributed by atoms with van der Waals surface area (Å²) in [6.45, 7) is 5.97. The predicted molar refractivity (Wildman–Crippen MR) is 117 cm³/mol. The molecule has 1 unspecified atom stereocenters. The Kier molecular flexibility index (Phi) is 7.63. The second kappa shape index (κ2) is 10.4. The molecule has 0 N–H and O–H groups in total. The molecule has 0 spiro atoms. The molecule has 1 atom stereocenters. The zero-order chi connectivity index (χ0) is 21.5. The van der Waals surface area contributed by atoms with E-state index < -0.39 is 11.6 Å². The van der Waals surface area contributed by atoms with Crippen molar-refractivity contribution in [3.8, 4) is 6.08 Å². The highest BCUT2D eigenvalue weighted by Gasteiger charge is 2.22. The zero-order valence-corrected chi connectivity index (χ0v) is 18.4. The summed E-state index contributed by atoms with van der Waals surface area (Å²) in [5.41, 5.74) is 0.864. The average molecular weight is 430 g/mol. The monoisotopic (exact) mass is 429 g/mol. The third-order valence-electron chi connectivity index (χ3n) is 4.87. The van der Waals surface area contributed by atoms with Gasteiger partial charge in [-0.25, -0.2) is 9.59 Å². The first kappa shape index (κ1) is 22.0. The third kappa shape index (κ3) is 5.48. The standard InChI is InChI=1S/C23H27NO5S/c1-4-5-6-8-11-15(2)28-23-24-20-18(21(25)29-23)16(3)19(30-20)22(26)27-14-17-12-9-7-10-13-17/h7,9-10,12-13,15H,4-6,8,11,14H2,1-3H3. The molecule has 6 nitrogen and oxygen atoms in total. The van der Waals surface area contributed by atoms with Crippen molar-refractivity contribution in [2.75, 3.05) is 0 Å². The van der Waals surface area contributed by atoms with Gasteiger partial charge in [0.1, 0.15) is 27.8 Å². The fourth-order valence-electron chi connectivity index (χ4n) is 3.18. The highest BCUT2D eigenvalue weighted by atomic mass is 32.1. The predicted octanol–water partition coefficient (Wildman–Crippen LogP) is 5.65. The number of carbonyl (C=O) groups excluding carboxylic acids is 1. The molecule has 0 aliphatic heterocycles. The quantitative estimate of drug-likeness (QED) is 0.306. The van der Waals surface area contributed by atoms with E-state index in [2.05, 4.69) is 11.9 Å². The fraction of sp³-hybridized carbons (Fsp3) is 0.435. The molecule has 160 valence electrons. The van der Waals surface area contributed by atoms with Gasteiger partial charge in [-0.2, -0.15) is 4.98 Å². The van der Waals surface area contributed by atoms with Gasteiger partial charge in [0.25, 0.3) is 0 Å². The summed E-state index contributed by atoms with van der Waals surface area (Å²) >= 11 is 1.12. The number of carbonyl (C=O) groups is 1. The number of ether oxygens (including phenoxy) is 2. The number of fused-ring (bicyclic) bond motifs is 1. The van der Waals surface area contributed by atoms with Crippen LogP contribution in [0.4, 0.5) is 0 Å². The van der Waals surface area contributed by atoms with Gasteiger partial charge in [-0.3, -0.25) is 0 Å². The van der Waals surface area contributed by atoms with Gasteiger partial charge in [0.05, 0.1) is 0 Å². The highest BCUT2D eigenvalue weighted by molar-refractivity contribution is 7.20. The molecule has 3 aromatic rings. The number of unbranched alkanes of at least 4 members (excludes halogenated alkanes) is 3. The molecule has 1 aromatic carbocycles. The maximum Gasteiger partial charge on any atom is 0.398 e. The molecular formula is C23H27NO5S. The normalized spacial score (nSPS) is 12.1. The number of hydrogen-bond donors (Lipinski definition) is 0. The first-order valence-electron chi connectivity index (χ1n) is 10.3. The largest absolute Gasteiger partial charge is 0.457 e. The Hall–Kier alpha value is -2.67. The number of rotatable bonds is 10. The number of nitrogens with zero attached hydrogens (tertiary/aromatic N) is 1. The Balaban J connectivity index is 1.72. The van der Waals surface area contributed by atoms with E-state index in [1.165, 1.54) is 12.8 Å². The minimum absolute atomic E-state index is 0.0547. The summed E-state index contributed by atoms with van der Waals surface area (Å²) in [5.74, 6) is -0.481. The van der Waals surface area contributed by atoms with Crippen molar-refractivity contribution in [1.29, 1.82) is 0 Å². The number of aromatic nitrogens is 1. The van der Waals surface area contributed by atoms with E-state index in [1.54, 1.807) is 6.92 Å². The Morgan fingerprint density at radius 1 is 1.20 bits per heavy atom. The molecule has 0 aliphatic rings. The highest BCUT2D eigenvalue weighted by Crippen LogP contribution is 2.29. The van der Waals surface area contributed by atoms with E-state index in [4.69, 9.17) is 13.9 Å². The zero-order valence-electron chi connectivity index (χ0n) is 17.6. The van der Waals surface area contributed by atoms with Crippen LogP contribution in [0.25, 0.3) is 10.2 Å². The van der Waals surface area contributed by atoms with Gasteiger partial charge in [0.15, 0.2) is 0 Å².